The van der Waals surface area contributed by atoms with Gasteiger partial charge in [-0.2, -0.15) is 13.2 Å². The Morgan fingerprint density at radius 2 is 1.85 bits per heavy atom. The molecule has 0 spiro atoms. The highest BCUT2D eigenvalue weighted by atomic mass is 19.4. The van der Waals surface area contributed by atoms with Gasteiger partial charge in [-0.3, -0.25) is 23.7 Å². The number of benzene rings is 2. The van der Waals surface area contributed by atoms with Crippen molar-refractivity contribution in [3.05, 3.63) is 80.7 Å². The number of amides is 1. The van der Waals surface area contributed by atoms with Crippen molar-refractivity contribution >= 4 is 17.4 Å². The Balaban J connectivity index is 1.59. The van der Waals surface area contributed by atoms with Gasteiger partial charge in [0.25, 0.3) is 5.56 Å². The minimum Gasteiger partial charge on any atom is -0.399 e. The molecule has 0 aliphatic rings. The summed E-state index contributed by atoms with van der Waals surface area (Å²) in [6.07, 6.45) is -3.45. The van der Waals surface area contributed by atoms with E-state index in [1.54, 1.807) is 38.1 Å². The first-order valence-electron chi connectivity index (χ1n) is 11.7. The molecule has 0 saturated heterocycles. The predicted octanol–water partition coefficient (Wildman–Crippen LogP) is 2.99. The number of nitrogens with one attached hydrogen (secondary N) is 3. The molecule has 0 bridgehead atoms. The van der Waals surface area contributed by atoms with Gasteiger partial charge >= 0.3 is 11.9 Å². The van der Waals surface area contributed by atoms with E-state index in [4.69, 9.17) is 5.73 Å². The summed E-state index contributed by atoms with van der Waals surface area (Å²) in [4.78, 5) is 43.7. The Bertz CT molecular complexity index is 1610. The van der Waals surface area contributed by atoms with Crippen molar-refractivity contribution in [2.24, 2.45) is 0 Å². The van der Waals surface area contributed by atoms with Crippen molar-refractivity contribution in [3.8, 4) is 22.6 Å². The summed E-state index contributed by atoms with van der Waals surface area (Å²) in [7, 11) is 0. The van der Waals surface area contributed by atoms with Gasteiger partial charge in [0.15, 0.2) is 11.6 Å². The van der Waals surface area contributed by atoms with Gasteiger partial charge in [-0.1, -0.05) is 29.4 Å². The maximum Gasteiger partial charge on any atom is 0.439 e. The Morgan fingerprint density at radius 3 is 2.46 bits per heavy atom. The number of rotatable bonds is 8. The fourth-order valence-electron chi connectivity index (χ4n) is 3.75. The van der Waals surface area contributed by atoms with Gasteiger partial charge in [0.05, 0.1) is 17.5 Å². The van der Waals surface area contributed by atoms with Gasteiger partial charge in [-0.25, -0.2) is 9.78 Å². The number of aromatic nitrogens is 4. The highest BCUT2D eigenvalue weighted by Gasteiger charge is 2.31. The molecule has 0 aliphatic carbocycles. The van der Waals surface area contributed by atoms with Crippen LogP contribution in [0.2, 0.25) is 0 Å². The minimum atomic E-state index is -4.67. The van der Waals surface area contributed by atoms with Gasteiger partial charge in [0.2, 0.25) is 5.91 Å². The zero-order chi connectivity index (χ0) is 28.3. The van der Waals surface area contributed by atoms with E-state index in [0.29, 0.717) is 11.1 Å². The van der Waals surface area contributed by atoms with Gasteiger partial charge in [-0.05, 0) is 37.6 Å². The second-order valence-corrected chi connectivity index (χ2v) is 8.94. The van der Waals surface area contributed by atoms with Crippen LogP contribution in [0.4, 0.5) is 24.7 Å². The number of carbonyl (C=O) groups is 1. The number of nitrogens with zero attached hydrogens (tertiary/aromatic N) is 3. The van der Waals surface area contributed by atoms with Crippen molar-refractivity contribution in [3.63, 3.8) is 0 Å². The number of aromatic amines is 1. The Labute approximate surface area is 218 Å². The fraction of sp³-hybridized carbons (Fsp3) is 0.240. The summed E-state index contributed by atoms with van der Waals surface area (Å²) in [6.45, 7) is 3.17. The standard InChI is InChI=1S/C25H24F3N7O4/c1-13(2)32-22-23(37)35(19(11-31-22)16-7-17(25(26,27)28)9-18(29)8-16)12-20(36)30-10-14-3-5-15(6-4-14)21-33-24(38)39-34-21/h3-9,11,13H,10,12,29H2,1-2H3,(H,30,36)(H,31,32)(H,33,34,38). The Kier molecular flexibility index (Phi) is 7.56. The van der Waals surface area contributed by atoms with E-state index in [9.17, 15) is 27.6 Å². The number of alkyl halides is 3. The number of hydrogen-bond donors (Lipinski definition) is 4. The van der Waals surface area contributed by atoms with Crippen LogP contribution < -0.4 is 27.7 Å². The molecule has 0 fully saturated rings. The highest BCUT2D eigenvalue weighted by Crippen LogP contribution is 2.34. The van der Waals surface area contributed by atoms with Crippen molar-refractivity contribution in [1.29, 1.82) is 0 Å². The molecule has 39 heavy (non-hydrogen) atoms. The lowest BCUT2D eigenvalue weighted by molar-refractivity contribution is -0.137. The van der Waals surface area contributed by atoms with Crippen LogP contribution in [0.25, 0.3) is 22.6 Å². The Hall–Kier alpha value is -4.88. The molecule has 204 valence electrons. The van der Waals surface area contributed by atoms with Crippen molar-refractivity contribution in [2.75, 3.05) is 11.1 Å². The lowest BCUT2D eigenvalue weighted by Crippen LogP contribution is -2.35. The summed E-state index contributed by atoms with van der Waals surface area (Å²) in [5.41, 5.74) is 5.14. The summed E-state index contributed by atoms with van der Waals surface area (Å²) >= 11 is 0. The monoisotopic (exact) mass is 543 g/mol. The minimum absolute atomic E-state index is 0.00628. The molecule has 0 saturated carbocycles. The first-order valence-corrected chi connectivity index (χ1v) is 11.7. The van der Waals surface area contributed by atoms with E-state index in [-0.39, 0.29) is 41.2 Å². The van der Waals surface area contributed by atoms with Crippen LogP contribution >= 0.6 is 0 Å². The molecule has 0 unspecified atom stereocenters. The third-order valence-corrected chi connectivity index (χ3v) is 5.52. The molecule has 0 aliphatic heterocycles. The summed E-state index contributed by atoms with van der Waals surface area (Å²) in [5, 5.41) is 9.17. The molecule has 2 aromatic carbocycles. The lowest BCUT2D eigenvalue weighted by atomic mass is 10.1. The Morgan fingerprint density at radius 1 is 1.13 bits per heavy atom. The normalized spacial score (nSPS) is 11.5. The van der Waals surface area contributed by atoms with E-state index in [1.165, 1.54) is 12.3 Å². The van der Waals surface area contributed by atoms with Crippen molar-refractivity contribution in [1.82, 2.24) is 25.0 Å². The smallest absolute Gasteiger partial charge is 0.399 e. The van der Waals surface area contributed by atoms with Crippen LogP contribution in [0.3, 0.4) is 0 Å². The van der Waals surface area contributed by atoms with Crippen LogP contribution in [-0.2, 0) is 24.1 Å². The van der Waals surface area contributed by atoms with Crippen LogP contribution in [0, 0.1) is 0 Å². The van der Waals surface area contributed by atoms with Gasteiger partial charge < -0.3 is 16.4 Å². The zero-order valence-corrected chi connectivity index (χ0v) is 20.8. The van der Waals surface area contributed by atoms with Crippen LogP contribution in [0.15, 0.2) is 62.8 Å². The number of H-pyrrole nitrogens is 1. The zero-order valence-electron chi connectivity index (χ0n) is 20.8. The summed E-state index contributed by atoms with van der Waals surface area (Å²) < 4.78 is 45.7. The average Bonchev–Trinajstić information content (AvgIpc) is 3.30. The first-order chi connectivity index (χ1) is 18.4. The molecule has 11 nitrogen and oxygen atoms in total. The SMILES string of the molecule is CC(C)Nc1ncc(-c2cc(N)cc(C(F)(F)F)c2)n(CC(=O)NCc2ccc(-c3noc(=O)[nH]3)cc2)c1=O. The van der Waals surface area contributed by atoms with E-state index in [2.05, 4.69) is 30.3 Å². The van der Waals surface area contributed by atoms with E-state index in [1.807, 2.05) is 0 Å². The average molecular weight is 544 g/mol. The van der Waals surface area contributed by atoms with Crippen molar-refractivity contribution in [2.45, 2.75) is 39.2 Å². The van der Waals surface area contributed by atoms with E-state index < -0.39 is 35.5 Å². The topological polar surface area (TPSA) is 161 Å². The molecule has 1 amide bonds. The number of hydrogen-bond acceptors (Lipinski definition) is 8. The number of nitrogens with two attached hydrogens (primary N) is 1. The fourth-order valence-corrected chi connectivity index (χ4v) is 3.75. The molecule has 2 heterocycles. The second kappa shape index (κ2) is 10.8. The summed E-state index contributed by atoms with van der Waals surface area (Å²) in [6, 6.07) is 9.48. The molecule has 0 radical (unpaired) electrons. The van der Waals surface area contributed by atoms with Gasteiger partial charge in [-0.15, -0.1) is 0 Å². The van der Waals surface area contributed by atoms with Crippen LogP contribution in [-0.4, -0.2) is 31.6 Å². The molecule has 4 aromatic rings. The highest BCUT2D eigenvalue weighted by molar-refractivity contribution is 5.77. The summed E-state index contributed by atoms with van der Waals surface area (Å²) in [5.74, 6) is -1.05. The molecule has 4 rings (SSSR count). The number of halogens is 3. The largest absolute Gasteiger partial charge is 0.439 e. The third-order valence-electron chi connectivity index (χ3n) is 5.52. The predicted molar refractivity (Wildman–Crippen MR) is 137 cm³/mol. The maximum atomic E-state index is 13.4. The molecule has 14 heteroatoms. The van der Waals surface area contributed by atoms with Crippen LogP contribution in [0.1, 0.15) is 25.0 Å². The number of carbonyl (C=O) groups excluding carboxylic acids is 1. The lowest BCUT2D eigenvalue weighted by Gasteiger charge is -2.17. The molecular formula is C25H24F3N7O4. The maximum absolute atomic E-state index is 13.4. The first kappa shape index (κ1) is 27.2. The quantitative estimate of drug-likeness (QED) is 0.247. The molecule has 0 atom stereocenters. The van der Waals surface area contributed by atoms with Crippen molar-refractivity contribution < 1.29 is 22.5 Å². The van der Waals surface area contributed by atoms with Gasteiger partial charge in [0.1, 0.15) is 6.54 Å². The second-order valence-electron chi connectivity index (χ2n) is 8.94. The van der Waals surface area contributed by atoms with Crippen LogP contribution in [0.5, 0.6) is 0 Å². The van der Waals surface area contributed by atoms with E-state index in [0.717, 1.165) is 16.7 Å². The third kappa shape index (κ3) is 6.52. The molecule has 5 N–H and O–H groups in total. The van der Waals surface area contributed by atoms with E-state index >= 15 is 0 Å². The number of anilines is 2. The molecule has 2 aromatic heterocycles. The van der Waals surface area contributed by atoms with Gasteiger partial charge in [0, 0.05) is 29.4 Å². The molecular weight excluding hydrogens is 519 g/mol. The number of nitrogen functional groups attached to an aromatic ring is 1.